The zero-order valence-corrected chi connectivity index (χ0v) is 15.5. The molecule has 3 heteroatoms. The second-order valence-electron chi connectivity index (χ2n) is 9.73. The first-order valence-corrected chi connectivity index (χ1v) is 10.0. The molecule has 24 heavy (non-hydrogen) atoms. The van der Waals surface area contributed by atoms with Gasteiger partial charge in [-0.2, -0.15) is 0 Å². The maximum atomic E-state index is 11.3. The SMILES string of the molecule is C[C@@H](O)C1(O)CCC2C3CCC4=CC(O)CC[C@]4(C)C3CC[C@@]21C. The molecule has 4 aliphatic carbocycles. The highest BCUT2D eigenvalue weighted by Crippen LogP contribution is 2.68. The molecule has 0 spiro atoms. The van der Waals surface area contributed by atoms with E-state index in [2.05, 4.69) is 19.9 Å². The van der Waals surface area contributed by atoms with Gasteiger partial charge in [0.1, 0.15) is 0 Å². The first-order chi connectivity index (χ1) is 11.2. The van der Waals surface area contributed by atoms with Crippen LogP contribution in [0.5, 0.6) is 0 Å². The fraction of sp³-hybridized carbons (Fsp3) is 0.905. The van der Waals surface area contributed by atoms with Gasteiger partial charge in [0.25, 0.3) is 0 Å². The molecular formula is C21H34O3. The predicted octanol–water partition coefficient (Wildman–Crippen LogP) is 3.42. The second-order valence-corrected chi connectivity index (χ2v) is 9.73. The lowest BCUT2D eigenvalue weighted by molar-refractivity contribution is -0.172. The Morgan fingerprint density at radius 2 is 1.75 bits per heavy atom. The molecule has 136 valence electrons. The Labute approximate surface area is 146 Å². The quantitative estimate of drug-likeness (QED) is 0.644. The van der Waals surface area contributed by atoms with Crippen molar-refractivity contribution < 1.29 is 15.3 Å². The monoisotopic (exact) mass is 334 g/mol. The van der Waals surface area contributed by atoms with Gasteiger partial charge in [0.05, 0.1) is 17.8 Å². The van der Waals surface area contributed by atoms with Crippen LogP contribution in [0.15, 0.2) is 11.6 Å². The van der Waals surface area contributed by atoms with E-state index in [9.17, 15) is 15.3 Å². The van der Waals surface area contributed by atoms with E-state index in [0.29, 0.717) is 17.8 Å². The molecule has 3 N–H and O–H groups in total. The highest BCUT2D eigenvalue weighted by atomic mass is 16.3. The van der Waals surface area contributed by atoms with E-state index in [-0.39, 0.29) is 16.9 Å². The van der Waals surface area contributed by atoms with Crippen molar-refractivity contribution in [3.8, 4) is 0 Å². The number of hydrogen-bond acceptors (Lipinski definition) is 3. The van der Waals surface area contributed by atoms with Crippen LogP contribution in [-0.2, 0) is 0 Å². The van der Waals surface area contributed by atoms with Crippen molar-refractivity contribution in [2.24, 2.45) is 28.6 Å². The molecule has 0 heterocycles. The molecule has 3 fully saturated rings. The Hall–Kier alpha value is -0.380. The third-order valence-corrected chi connectivity index (χ3v) is 9.00. The van der Waals surface area contributed by atoms with E-state index in [1.807, 2.05) is 0 Å². The molecular weight excluding hydrogens is 300 g/mol. The largest absolute Gasteiger partial charge is 0.390 e. The van der Waals surface area contributed by atoms with Crippen LogP contribution in [0.4, 0.5) is 0 Å². The van der Waals surface area contributed by atoms with E-state index in [0.717, 1.165) is 44.9 Å². The molecule has 0 bridgehead atoms. The Bertz CT molecular complexity index is 555. The van der Waals surface area contributed by atoms with Crippen molar-refractivity contribution in [2.45, 2.75) is 89.9 Å². The van der Waals surface area contributed by atoms with Gasteiger partial charge in [-0.05, 0) is 81.5 Å². The van der Waals surface area contributed by atoms with Gasteiger partial charge in [-0.3, -0.25) is 0 Å². The average molecular weight is 335 g/mol. The normalized spacial score (nSPS) is 55.2. The first kappa shape index (κ1) is 17.1. The van der Waals surface area contributed by atoms with E-state index in [4.69, 9.17) is 0 Å². The molecule has 0 aromatic rings. The fourth-order valence-corrected chi connectivity index (χ4v) is 7.45. The lowest BCUT2D eigenvalue weighted by Gasteiger charge is -2.59. The Kier molecular flexibility index (Phi) is 3.77. The summed E-state index contributed by atoms with van der Waals surface area (Å²) in [4.78, 5) is 0. The van der Waals surface area contributed by atoms with E-state index in [1.165, 1.54) is 12.0 Å². The molecule has 0 amide bonds. The fourth-order valence-electron chi connectivity index (χ4n) is 7.45. The zero-order valence-electron chi connectivity index (χ0n) is 15.5. The molecule has 0 aromatic carbocycles. The van der Waals surface area contributed by atoms with Crippen LogP contribution < -0.4 is 0 Å². The van der Waals surface area contributed by atoms with Gasteiger partial charge in [-0.25, -0.2) is 0 Å². The summed E-state index contributed by atoms with van der Waals surface area (Å²) in [6, 6.07) is 0. The van der Waals surface area contributed by atoms with Crippen LogP contribution in [0.2, 0.25) is 0 Å². The highest BCUT2D eigenvalue weighted by Gasteiger charge is 2.65. The molecule has 0 saturated heterocycles. The van der Waals surface area contributed by atoms with Gasteiger partial charge in [-0.1, -0.05) is 25.5 Å². The summed E-state index contributed by atoms with van der Waals surface area (Å²) in [5, 5.41) is 31.6. The molecule has 4 aliphatic rings. The van der Waals surface area contributed by atoms with Crippen molar-refractivity contribution in [1.29, 1.82) is 0 Å². The van der Waals surface area contributed by atoms with Gasteiger partial charge < -0.3 is 15.3 Å². The summed E-state index contributed by atoms with van der Waals surface area (Å²) < 4.78 is 0. The first-order valence-electron chi connectivity index (χ1n) is 10.0. The van der Waals surface area contributed by atoms with Crippen LogP contribution >= 0.6 is 0 Å². The van der Waals surface area contributed by atoms with Gasteiger partial charge in [-0.15, -0.1) is 0 Å². The third kappa shape index (κ3) is 2.01. The van der Waals surface area contributed by atoms with E-state index < -0.39 is 11.7 Å². The predicted molar refractivity (Wildman–Crippen MR) is 94.3 cm³/mol. The summed E-state index contributed by atoms with van der Waals surface area (Å²) in [5.74, 6) is 1.87. The second kappa shape index (κ2) is 5.31. The minimum atomic E-state index is -0.914. The molecule has 0 radical (unpaired) electrons. The Morgan fingerprint density at radius 3 is 2.46 bits per heavy atom. The van der Waals surface area contributed by atoms with Gasteiger partial charge in [0.2, 0.25) is 0 Å². The van der Waals surface area contributed by atoms with Crippen molar-refractivity contribution in [2.75, 3.05) is 0 Å². The van der Waals surface area contributed by atoms with Crippen LogP contribution in [0, 0.1) is 28.6 Å². The standard InChI is InChI=1S/C21H34O3/c1-13(22)21(24)11-8-18-16-5-4-14-12-15(23)6-9-19(14,2)17(16)7-10-20(18,21)3/h12-13,15-18,22-24H,4-11H2,1-3H3/t13-,15?,16?,17?,18?,19+,20+,21?/m1/s1. The third-order valence-electron chi connectivity index (χ3n) is 9.00. The number of allylic oxidation sites excluding steroid dienone is 1. The number of aliphatic hydroxyl groups excluding tert-OH is 2. The van der Waals surface area contributed by atoms with Crippen molar-refractivity contribution in [1.82, 2.24) is 0 Å². The van der Waals surface area contributed by atoms with Crippen LogP contribution in [0.25, 0.3) is 0 Å². The number of fused-ring (bicyclic) bond motifs is 5. The number of hydrogen-bond donors (Lipinski definition) is 3. The zero-order chi connectivity index (χ0) is 17.3. The summed E-state index contributed by atoms with van der Waals surface area (Å²) in [7, 11) is 0. The minimum Gasteiger partial charge on any atom is -0.390 e. The van der Waals surface area contributed by atoms with Crippen LogP contribution in [0.1, 0.15) is 72.1 Å². The summed E-state index contributed by atoms with van der Waals surface area (Å²) >= 11 is 0. The highest BCUT2D eigenvalue weighted by molar-refractivity contribution is 5.26. The van der Waals surface area contributed by atoms with Crippen molar-refractivity contribution in [3.63, 3.8) is 0 Å². The number of aliphatic hydroxyl groups is 3. The average Bonchev–Trinajstić information content (AvgIpc) is 2.81. The number of rotatable bonds is 1. The molecule has 0 aromatic heterocycles. The van der Waals surface area contributed by atoms with Crippen LogP contribution in [-0.4, -0.2) is 33.1 Å². The van der Waals surface area contributed by atoms with Crippen molar-refractivity contribution in [3.05, 3.63) is 11.6 Å². The van der Waals surface area contributed by atoms with E-state index >= 15 is 0 Å². The summed E-state index contributed by atoms with van der Waals surface area (Å²) in [6.07, 6.45) is 9.51. The minimum absolute atomic E-state index is 0.145. The molecule has 5 unspecified atom stereocenters. The topological polar surface area (TPSA) is 60.7 Å². The summed E-state index contributed by atoms with van der Waals surface area (Å²) in [5.41, 5.74) is 0.681. The lowest BCUT2D eigenvalue weighted by atomic mass is 9.46. The molecule has 0 aliphatic heterocycles. The van der Waals surface area contributed by atoms with E-state index in [1.54, 1.807) is 6.92 Å². The molecule has 4 rings (SSSR count). The maximum absolute atomic E-state index is 11.3. The van der Waals surface area contributed by atoms with Gasteiger partial charge in [0.15, 0.2) is 0 Å². The van der Waals surface area contributed by atoms with Crippen molar-refractivity contribution >= 4 is 0 Å². The molecule has 3 saturated carbocycles. The Morgan fingerprint density at radius 1 is 1.04 bits per heavy atom. The van der Waals surface area contributed by atoms with Gasteiger partial charge in [0, 0.05) is 5.41 Å². The van der Waals surface area contributed by atoms with Crippen LogP contribution in [0.3, 0.4) is 0 Å². The van der Waals surface area contributed by atoms with Gasteiger partial charge >= 0.3 is 0 Å². The smallest absolute Gasteiger partial charge is 0.0958 e. The molecule has 3 nitrogen and oxygen atoms in total. The lowest BCUT2D eigenvalue weighted by Crippen LogP contribution is -2.58. The maximum Gasteiger partial charge on any atom is 0.0958 e. The molecule has 8 atom stereocenters. The summed E-state index contributed by atoms with van der Waals surface area (Å²) in [6.45, 7) is 6.44. The Balaban J connectivity index is 1.67.